The zero-order chi connectivity index (χ0) is 11.5. The molecule has 0 atom stereocenters. The van der Waals surface area contributed by atoms with Crippen molar-refractivity contribution in [3.8, 4) is 0 Å². The largest absolute Gasteiger partial charge is 0.366 e. The van der Waals surface area contributed by atoms with Gasteiger partial charge in [0.05, 0.1) is 0 Å². The number of benzene rings is 1. The van der Waals surface area contributed by atoms with Crippen LogP contribution in [-0.2, 0) is 13.7 Å². The molecule has 0 saturated carbocycles. The van der Waals surface area contributed by atoms with E-state index in [1.165, 1.54) is 0 Å². The summed E-state index contributed by atoms with van der Waals surface area (Å²) in [6.45, 7) is 0.571. The number of anilines is 1. The molecule has 0 amide bonds. The molecule has 0 fully saturated rings. The van der Waals surface area contributed by atoms with Gasteiger partial charge in [-0.05, 0) is 36.5 Å². The second-order valence-corrected chi connectivity index (χ2v) is 4.65. The SMILES string of the molecule is Cn1cnn(CNc2ccc(Br)cc2)c1=S. The zero-order valence-corrected chi connectivity index (χ0v) is 11.1. The number of hydrogen-bond donors (Lipinski definition) is 1. The van der Waals surface area contributed by atoms with Gasteiger partial charge in [-0.2, -0.15) is 5.10 Å². The topological polar surface area (TPSA) is 34.8 Å². The molecule has 0 aliphatic carbocycles. The molecule has 1 aromatic heterocycles. The minimum absolute atomic E-state index is 0.571. The first-order valence-electron chi connectivity index (χ1n) is 4.75. The van der Waals surface area contributed by atoms with E-state index in [-0.39, 0.29) is 0 Å². The standard InChI is InChI=1S/C10H11BrN4S/c1-14-7-13-15(10(14)16)6-12-9-4-2-8(11)3-5-9/h2-5,7,12H,6H2,1H3. The maximum atomic E-state index is 5.18. The molecule has 0 saturated heterocycles. The summed E-state index contributed by atoms with van der Waals surface area (Å²) in [5.41, 5.74) is 1.04. The van der Waals surface area contributed by atoms with Gasteiger partial charge < -0.3 is 9.88 Å². The predicted molar refractivity (Wildman–Crippen MR) is 69.8 cm³/mol. The Morgan fingerprint density at radius 1 is 1.38 bits per heavy atom. The van der Waals surface area contributed by atoms with Gasteiger partial charge in [0, 0.05) is 17.2 Å². The van der Waals surface area contributed by atoms with Gasteiger partial charge in [-0.1, -0.05) is 15.9 Å². The highest BCUT2D eigenvalue weighted by atomic mass is 79.9. The van der Waals surface area contributed by atoms with Crippen molar-refractivity contribution >= 4 is 33.8 Å². The van der Waals surface area contributed by atoms with Gasteiger partial charge in [0.25, 0.3) is 0 Å². The van der Waals surface area contributed by atoms with E-state index in [1.807, 2.05) is 31.3 Å². The Labute approximate surface area is 107 Å². The van der Waals surface area contributed by atoms with Crippen LogP contribution in [0.3, 0.4) is 0 Å². The molecule has 1 aromatic carbocycles. The molecule has 0 spiro atoms. The summed E-state index contributed by atoms with van der Waals surface area (Å²) in [5, 5.41) is 7.39. The van der Waals surface area contributed by atoms with Crippen LogP contribution in [0.15, 0.2) is 35.1 Å². The summed E-state index contributed by atoms with van der Waals surface area (Å²) in [5.74, 6) is 0. The molecule has 0 radical (unpaired) electrons. The Hall–Kier alpha value is -1.14. The molecule has 0 aliphatic rings. The fraction of sp³-hybridized carbons (Fsp3) is 0.200. The maximum Gasteiger partial charge on any atom is 0.199 e. The summed E-state index contributed by atoms with van der Waals surface area (Å²) < 4.78 is 5.30. The second-order valence-electron chi connectivity index (χ2n) is 3.37. The third-order valence-corrected chi connectivity index (χ3v) is 3.19. The molecule has 1 heterocycles. The number of nitrogens with zero attached hydrogens (tertiary/aromatic N) is 3. The van der Waals surface area contributed by atoms with Crippen LogP contribution in [0.5, 0.6) is 0 Å². The van der Waals surface area contributed by atoms with Crippen molar-refractivity contribution in [1.29, 1.82) is 0 Å². The van der Waals surface area contributed by atoms with E-state index in [0.717, 1.165) is 10.2 Å². The monoisotopic (exact) mass is 298 g/mol. The van der Waals surface area contributed by atoms with Crippen LogP contribution in [0.4, 0.5) is 5.69 Å². The predicted octanol–water partition coefficient (Wildman–Crippen LogP) is 2.78. The maximum absolute atomic E-state index is 5.18. The van der Waals surface area contributed by atoms with E-state index in [0.29, 0.717) is 11.4 Å². The fourth-order valence-electron chi connectivity index (χ4n) is 1.26. The zero-order valence-electron chi connectivity index (χ0n) is 8.72. The third kappa shape index (κ3) is 2.51. The summed E-state index contributed by atoms with van der Waals surface area (Å²) in [6.07, 6.45) is 1.70. The summed E-state index contributed by atoms with van der Waals surface area (Å²) in [6, 6.07) is 7.97. The Morgan fingerprint density at radius 2 is 2.06 bits per heavy atom. The first-order chi connectivity index (χ1) is 7.66. The smallest absolute Gasteiger partial charge is 0.199 e. The number of rotatable bonds is 3. The van der Waals surface area contributed by atoms with Crippen LogP contribution in [0, 0.1) is 4.77 Å². The molecular formula is C10H11BrN4S. The lowest BCUT2D eigenvalue weighted by atomic mass is 10.3. The van der Waals surface area contributed by atoms with Crippen molar-refractivity contribution in [2.75, 3.05) is 5.32 Å². The van der Waals surface area contributed by atoms with Crippen molar-refractivity contribution in [3.63, 3.8) is 0 Å². The number of aryl methyl sites for hydroxylation is 1. The molecule has 0 aliphatic heterocycles. The minimum Gasteiger partial charge on any atom is -0.366 e. The highest BCUT2D eigenvalue weighted by Gasteiger charge is 1.97. The molecule has 1 N–H and O–H groups in total. The molecule has 6 heteroatoms. The van der Waals surface area contributed by atoms with E-state index < -0.39 is 0 Å². The lowest BCUT2D eigenvalue weighted by Gasteiger charge is -2.05. The Bertz CT molecular complexity index is 528. The Morgan fingerprint density at radius 3 is 2.62 bits per heavy atom. The summed E-state index contributed by atoms with van der Waals surface area (Å²) >= 11 is 8.57. The van der Waals surface area contributed by atoms with E-state index in [4.69, 9.17) is 12.2 Å². The van der Waals surface area contributed by atoms with Gasteiger partial charge in [0.1, 0.15) is 13.0 Å². The molecule has 84 valence electrons. The van der Waals surface area contributed by atoms with Crippen LogP contribution in [0.1, 0.15) is 0 Å². The number of aromatic nitrogens is 3. The van der Waals surface area contributed by atoms with Gasteiger partial charge >= 0.3 is 0 Å². The van der Waals surface area contributed by atoms with E-state index in [9.17, 15) is 0 Å². The van der Waals surface area contributed by atoms with Crippen LogP contribution in [0.2, 0.25) is 0 Å². The number of hydrogen-bond acceptors (Lipinski definition) is 3. The second kappa shape index (κ2) is 4.80. The molecular weight excluding hydrogens is 288 g/mol. The third-order valence-electron chi connectivity index (χ3n) is 2.16. The van der Waals surface area contributed by atoms with Crippen LogP contribution in [0.25, 0.3) is 0 Å². The van der Waals surface area contributed by atoms with Crippen molar-refractivity contribution in [1.82, 2.24) is 14.3 Å². The van der Waals surface area contributed by atoms with Gasteiger partial charge in [0.15, 0.2) is 4.77 Å². The highest BCUT2D eigenvalue weighted by molar-refractivity contribution is 9.10. The molecule has 0 unspecified atom stereocenters. The number of nitrogens with one attached hydrogen (secondary N) is 1. The minimum atomic E-state index is 0.571. The lowest BCUT2D eigenvalue weighted by molar-refractivity contribution is 0.651. The van der Waals surface area contributed by atoms with Crippen LogP contribution in [-0.4, -0.2) is 14.3 Å². The first-order valence-corrected chi connectivity index (χ1v) is 5.95. The highest BCUT2D eigenvalue weighted by Crippen LogP contribution is 2.13. The van der Waals surface area contributed by atoms with E-state index in [1.54, 1.807) is 15.6 Å². The van der Waals surface area contributed by atoms with Crippen molar-refractivity contribution in [3.05, 3.63) is 39.8 Å². The van der Waals surface area contributed by atoms with Gasteiger partial charge in [-0.15, -0.1) is 0 Å². The quantitative estimate of drug-likeness (QED) is 0.885. The van der Waals surface area contributed by atoms with Crippen molar-refractivity contribution < 1.29 is 0 Å². The normalized spacial score (nSPS) is 10.4. The van der Waals surface area contributed by atoms with Gasteiger partial charge in [0.2, 0.25) is 0 Å². The molecule has 2 rings (SSSR count). The summed E-state index contributed by atoms with van der Waals surface area (Å²) in [4.78, 5) is 0. The molecule has 2 aromatic rings. The van der Waals surface area contributed by atoms with Crippen LogP contribution < -0.4 is 5.32 Å². The van der Waals surface area contributed by atoms with E-state index in [2.05, 4.69) is 26.3 Å². The van der Waals surface area contributed by atoms with Gasteiger partial charge in [-0.25, -0.2) is 4.68 Å². The van der Waals surface area contributed by atoms with Crippen molar-refractivity contribution in [2.24, 2.45) is 7.05 Å². The average Bonchev–Trinajstić information content (AvgIpc) is 2.60. The fourth-order valence-corrected chi connectivity index (χ4v) is 1.69. The molecule has 4 nitrogen and oxygen atoms in total. The van der Waals surface area contributed by atoms with Gasteiger partial charge in [-0.3, -0.25) is 0 Å². The average molecular weight is 299 g/mol. The number of halogens is 1. The molecule has 0 bridgehead atoms. The lowest BCUT2D eigenvalue weighted by Crippen LogP contribution is -2.09. The van der Waals surface area contributed by atoms with E-state index >= 15 is 0 Å². The Balaban J connectivity index is 2.05. The van der Waals surface area contributed by atoms with Crippen LogP contribution >= 0.6 is 28.1 Å². The molecule has 16 heavy (non-hydrogen) atoms. The first kappa shape index (κ1) is 11.3. The Kier molecular flexibility index (Phi) is 3.40. The van der Waals surface area contributed by atoms with Crippen molar-refractivity contribution in [2.45, 2.75) is 6.67 Å². The summed E-state index contributed by atoms with van der Waals surface area (Å²) in [7, 11) is 1.88.